The van der Waals surface area contributed by atoms with E-state index in [1.54, 1.807) is 13.8 Å². The van der Waals surface area contributed by atoms with Crippen LogP contribution in [0.2, 0.25) is 0 Å². The third-order valence-electron chi connectivity index (χ3n) is 3.85. The molecule has 5 nitrogen and oxygen atoms in total. The summed E-state index contributed by atoms with van der Waals surface area (Å²) in [6, 6.07) is 0. The van der Waals surface area contributed by atoms with Crippen molar-refractivity contribution in [3.63, 3.8) is 0 Å². The summed E-state index contributed by atoms with van der Waals surface area (Å²) in [5.41, 5.74) is -0.605. The fraction of sp³-hybridized carbons (Fsp3) is 0.917. The number of hydrogen-bond donors (Lipinski definition) is 1. The molecule has 106 valence electrons. The van der Waals surface area contributed by atoms with Crippen LogP contribution in [0, 0.1) is 5.41 Å². The van der Waals surface area contributed by atoms with Gasteiger partial charge in [0.05, 0.1) is 11.2 Å². The largest absolute Gasteiger partial charge is 0.481 e. The molecular weight excluding hydrogens is 254 g/mol. The summed E-state index contributed by atoms with van der Waals surface area (Å²) >= 11 is 0. The van der Waals surface area contributed by atoms with Crippen LogP contribution in [0.1, 0.15) is 33.1 Å². The maximum absolute atomic E-state index is 11.3. The molecule has 0 aliphatic carbocycles. The third kappa shape index (κ3) is 4.24. The number of likely N-dealkylation sites (tertiary alicyclic amines) is 1. The van der Waals surface area contributed by atoms with Crippen molar-refractivity contribution in [2.24, 2.45) is 5.41 Å². The lowest BCUT2D eigenvalue weighted by Gasteiger charge is -2.36. The molecule has 18 heavy (non-hydrogen) atoms. The Hall–Kier alpha value is -0.620. The number of hydrogen-bond acceptors (Lipinski definition) is 4. The lowest BCUT2D eigenvalue weighted by Crippen LogP contribution is -2.43. The van der Waals surface area contributed by atoms with Crippen molar-refractivity contribution in [1.29, 1.82) is 0 Å². The molecule has 6 heteroatoms. The molecule has 1 aliphatic heterocycles. The van der Waals surface area contributed by atoms with Gasteiger partial charge >= 0.3 is 5.97 Å². The number of carboxylic acids is 1. The molecule has 0 saturated carbocycles. The van der Waals surface area contributed by atoms with Crippen LogP contribution >= 0.6 is 0 Å². The second kappa shape index (κ2) is 6.02. The Morgan fingerprint density at radius 2 is 1.89 bits per heavy atom. The molecule has 1 saturated heterocycles. The second-order valence-electron chi connectivity index (χ2n) is 5.30. The molecule has 1 heterocycles. The quantitative estimate of drug-likeness (QED) is 0.784. The number of nitrogens with zero attached hydrogens (tertiary/aromatic N) is 1. The summed E-state index contributed by atoms with van der Waals surface area (Å²) in [6.45, 7) is 5.68. The van der Waals surface area contributed by atoms with Crippen molar-refractivity contribution < 1.29 is 18.3 Å². The summed E-state index contributed by atoms with van der Waals surface area (Å²) in [6.07, 6.45) is 1.92. The highest BCUT2D eigenvalue weighted by molar-refractivity contribution is 7.91. The predicted molar refractivity (Wildman–Crippen MR) is 70.4 cm³/mol. The van der Waals surface area contributed by atoms with Gasteiger partial charge in [0.2, 0.25) is 0 Å². The van der Waals surface area contributed by atoms with E-state index in [2.05, 4.69) is 4.90 Å². The predicted octanol–water partition coefficient (Wildman–Crippen LogP) is 0.998. The number of carboxylic acid groups (broad SMARTS) is 1. The molecule has 0 bridgehead atoms. The van der Waals surface area contributed by atoms with Crippen LogP contribution < -0.4 is 0 Å². The molecule has 0 radical (unpaired) electrons. The summed E-state index contributed by atoms with van der Waals surface area (Å²) in [7, 11) is -2.88. The minimum Gasteiger partial charge on any atom is -0.481 e. The Morgan fingerprint density at radius 1 is 1.33 bits per heavy atom. The van der Waals surface area contributed by atoms with Gasteiger partial charge in [0, 0.05) is 5.75 Å². The first-order chi connectivity index (χ1) is 8.29. The van der Waals surface area contributed by atoms with Crippen molar-refractivity contribution in [3.8, 4) is 0 Å². The Labute approximate surface area is 109 Å². The Kier molecular flexibility index (Phi) is 5.16. The Morgan fingerprint density at radius 3 is 2.33 bits per heavy atom. The van der Waals surface area contributed by atoms with Gasteiger partial charge in [-0.1, -0.05) is 6.92 Å². The zero-order valence-electron chi connectivity index (χ0n) is 11.2. The summed E-state index contributed by atoms with van der Waals surface area (Å²) in [4.78, 5) is 13.2. The molecule has 0 atom stereocenters. The van der Waals surface area contributed by atoms with Crippen LogP contribution in [-0.4, -0.2) is 55.5 Å². The Balaban J connectivity index is 2.31. The van der Waals surface area contributed by atoms with Gasteiger partial charge < -0.3 is 10.0 Å². The highest BCUT2D eigenvalue weighted by atomic mass is 32.2. The van der Waals surface area contributed by atoms with Crippen LogP contribution in [0.25, 0.3) is 0 Å². The van der Waals surface area contributed by atoms with E-state index in [0.717, 1.165) is 19.6 Å². The first-order valence-corrected chi connectivity index (χ1v) is 8.27. The zero-order valence-corrected chi connectivity index (χ0v) is 12.0. The van der Waals surface area contributed by atoms with E-state index in [1.165, 1.54) is 0 Å². The fourth-order valence-electron chi connectivity index (χ4n) is 2.14. The van der Waals surface area contributed by atoms with Crippen LogP contribution in [0.4, 0.5) is 0 Å². The molecule has 1 fully saturated rings. The highest BCUT2D eigenvalue weighted by Gasteiger charge is 2.36. The zero-order chi connectivity index (χ0) is 13.8. The highest BCUT2D eigenvalue weighted by Crippen LogP contribution is 2.30. The third-order valence-corrected chi connectivity index (χ3v) is 5.64. The van der Waals surface area contributed by atoms with Gasteiger partial charge in [0.25, 0.3) is 0 Å². The molecule has 0 aromatic carbocycles. The number of piperidine rings is 1. The molecule has 1 aliphatic rings. The van der Waals surface area contributed by atoms with E-state index in [0.29, 0.717) is 19.3 Å². The normalized spacial score (nSPS) is 20.8. The molecular formula is C12H23NO4S. The van der Waals surface area contributed by atoms with Crippen LogP contribution in [0.15, 0.2) is 0 Å². The number of aliphatic carboxylic acids is 1. The summed E-state index contributed by atoms with van der Waals surface area (Å²) in [5.74, 6) is -0.295. The van der Waals surface area contributed by atoms with Crippen molar-refractivity contribution in [1.82, 2.24) is 4.90 Å². The van der Waals surface area contributed by atoms with Gasteiger partial charge in [-0.25, -0.2) is 8.42 Å². The molecule has 0 amide bonds. The lowest BCUT2D eigenvalue weighted by atomic mass is 9.80. The van der Waals surface area contributed by atoms with Gasteiger partial charge in [0.1, 0.15) is 9.84 Å². The number of sulfone groups is 1. The maximum Gasteiger partial charge on any atom is 0.309 e. The van der Waals surface area contributed by atoms with Crippen molar-refractivity contribution in [2.45, 2.75) is 33.1 Å². The first-order valence-electron chi connectivity index (χ1n) is 6.45. The average molecular weight is 277 g/mol. The smallest absolute Gasteiger partial charge is 0.309 e. The van der Waals surface area contributed by atoms with Crippen LogP contribution in [0.3, 0.4) is 0 Å². The van der Waals surface area contributed by atoms with E-state index >= 15 is 0 Å². The van der Waals surface area contributed by atoms with Gasteiger partial charge in [-0.3, -0.25) is 4.79 Å². The average Bonchev–Trinajstić information content (AvgIpc) is 2.31. The van der Waals surface area contributed by atoms with Gasteiger partial charge in [-0.2, -0.15) is 0 Å². The van der Waals surface area contributed by atoms with E-state index in [-0.39, 0.29) is 11.5 Å². The van der Waals surface area contributed by atoms with Crippen molar-refractivity contribution in [3.05, 3.63) is 0 Å². The van der Waals surface area contributed by atoms with Gasteiger partial charge in [0.15, 0.2) is 0 Å². The summed E-state index contributed by atoms with van der Waals surface area (Å²) < 4.78 is 22.7. The Bertz CT molecular complexity index is 383. The van der Waals surface area contributed by atoms with Crippen molar-refractivity contribution in [2.75, 3.05) is 31.1 Å². The van der Waals surface area contributed by atoms with E-state index < -0.39 is 21.2 Å². The van der Waals surface area contributed by atoms with Crippen LogP contribution in [0.5, 0.6) is 0 Å². The first kappa shape index (κ1) is 15.4. The van der Waals surface area contributed by atoms with Gasteiger partial charge in [-0.15, -0.1) is 0 Å². The number of rotatable bonds is 6. The molecule has 1 rings (SSSR count). The molecule has 0 unspecified atom stereocenters. The molecule has 0 aromatic rings. The standard InChI is InChI=1S/C12H23NO4S/c1-3-18(16,17)10-4-7-13-8-5-12(2,6-9-13)11(14)15/h3-10H2,1-2H3,(H,14,15). The van der Waals surface area contributed by atoms with Gasteiger partial charge in [-0.05, 0) is 45.8 Å². The molecule has 0 aromatic heterocycles. The minimum atomic E-state index is -2.88. The van der Waals surface area contributed by atoms with E-state index in [1.807, 2.05) is 0 Å². The van der Waals surface area contributed by atoms with E-state index in [9.17, 15) is 13.2 Å². The maximum atomic E-state index is 11.3. The topological polar surface area (TPSA) is 74.7 Å². The van der Waals surface area contributed by atoms with Crippen LogP contribution in [-0.2, 0) is 14.6 Å². The van der Waals surface area contributed by atoms with Crippen molar-refractivity contribution >= 4 is 15.8 Å². The fourth-order valence-corrected chi connectivity index (χ4v) is 2.99. The monoisotopic (exact) mass is 277 g/mol. The molecule has 0 spiro atoms. The molecule has 1 N–H and O–H groups in total. The SMILES string of the molecule is CCS(=O)(=O)CCCN1CCC(C)(C(=O)O)CC1. The second-order valence-corrected chi connectivity index (χ2v) is 7.77. The number of carbonyl (C=O) groups is 1. The minimum absolute atomic E-state index is 0.198. The van der Waals surface area contributed by atoms with E-state index in [4.69, 9.17) is 5.11 Å². The lowest BCUT2D eigenvalue weighted by molar-refractivity contribution is -0.150. The summed E-state index contributed by atoms with van der Waals surface area (Å²) in [5, 5.41) is 9.10.